The summed E-state index contributed by atoms with van der Waals surface area (Å²) in [4.78, 5) is 14.4. The minimum Gasteiger partial charge on any atom is -0.381 e. The van der Waals surface area contributed by atoms with Gasteiger partial charge in [0.1, 0.15) is 0 Å². The van der Waals surface area contributed by atoms with Gasteiger partial charge in [0.15, 0.2) is 0 Å². The van der Waals surface area contributed by atoms with Crippen LogP contribution in [0.4, 0.5) is 0 Å². The van der Waals surface area contributed by atoms with Gasteiger partial charge in [-0.3, -0.25) is 4.79 Å². The molecule has 1 N–H and O–H groups in total. The van der Waals surface area contributed by atoms with Crippen LogP contribution in [-0.2, 0) is 9.53 Å². The number of amides is 1. The molecule has 0 aliphatic carbocycles. The minimum absolute atomic E-state index is 0.0324. The molecular weight excluding hydrogens is 216 g/mol. The third kappa shape index (κ3) is 2.80. The molecular formula is C13H24N2O2. The third-order valence-electron chi connectivity index (χ3n) is 3.77. The summed E-state index contributed by atoms with van der Waals surface area (Å²) in [6.07, 6.45) is 1.93. The standard InChI is InChI=1S/C13H24N2O2/c1-9(2)14-11-4-6-15(13(11)16)12-5-7-17-8-10(12)3/h9-12,14H,4-8H2,1-3H3. The Morgan fingerprint density at radius 3 is 2.82 bits per heavy atom. The molecule has 3 unspecified atom stereocenters. The monoisotopic (exact) mass is 240 g/mol. The summed E-state index contributed by atoms with van der Waals surface area (Å²) < 4.78 is 5.44. The van der Waals surface area contributed by atoms with E-state index in [2.05, 4.69) is 31.0 Å². The smallest absolute Gasteiger partial charge is 0.240 e. The third-order valence-corrected chi connectivity index (χ3v) is 3.77. The SMILES string of the molecule is CC(C)NC1CCN(C2CCOCC2C)C1=O. The quantitative estimate of drug-likeness (QED) is 0.800. The van der Waals surface area contributed by atoms with Crippen LogP contribution in [0.2, 0.25) is 0 Å². The summed E-state index contributed by atoms with van der Waals surface area (Å²) in [6, 6.07) is 0.788. The van der Waals surface area contributed by atoms with Gasteiger partial charge in [0, 0.05) is 25.2 Å². The van der Waals surface area contributed by atoms with Crippen molar-refractivity contribution in [3.8, 4) is 0 Å². The second-order valence-corrected chi connectivity index (χ2v) is 5.60. The molecule has 0 saturated carbocycles. The lowest BCUT2D eigenvalue weighted by Crippen LogP contribution is -2.49. The zero-order valence-electron chi connectivity index (χ0n) is 11.1. The van der Waals surface area contributed by atoms with E-state index in [4.69, 9.17) is 4.74 Å². The average Bonchev–Trinajstić information content (AvgIpc) is 2.61. The van der Waals surface area contributed by atoms with Crippen LogP contribution in [-0.4, -0.2) is 48.7 Å². The topological polar surface area (TPSA) is 41.6 Å². The number of rotatable bonds is 3. The maximum absolute atomic E-state index is 12.3. The molecule has 2 aliphatic rings. The average molecular weight is 240 g/mol. The Morgan fingerprint density at radius 2 is 2.18 bits per heavy atom. The lowest BCUT2D eigenvalue weighted by atomic mass is 9.96. The van der Waals surface area contributed by atoms with E-state index in [1.807, 2.05) is 0 Å². The zero-order valence-corrected chi connectivity index (χ0v) is 11.1. The van der Waals surface area contributed by atoms with Crippen LogP contribution >= 0.6 is 0 Å². The maximum Gasteiger partial charge on any atom is 0.240 e. The van der Waals surface area contributed by atoms with Gasteiger partial charge in [-0.15, -0.1) is 0 Å². The Balaban J connectivity index is 1.96. The highest BCUT2D eigenvalue weighted by molar-refractivity contribution is 5.84. The highest BCUT2D eigenvalue weighted by atomic mass is 16.5. The number of nitrogens with zero attached hydrogens (tertiary/aromatic N) is 1. The van der Waals surface area contributed by atoms with E-state index < -0.39 is 0 Å². The number of carbonyl (C=O) groups excluding carboxylic acids is 1. The van der Waals surface area contributed by atoms with Gasteiger partial charge in [-0.25, -0.2) is 0 Å². The van der Waals surface area contributed by atoms with Crippen LogP contribution in [0.1, 0.15) is 33.6 Å². The van der Waals surface area contributed by atoms with E-state index in [1.165, 1.54) is 0 Å². The Hall–Kier alpha value is -0.610. The number of hydrogen-bond acceptors (Lipinski definition) is 3. The molecule has 3 atom stereocenters. The second-order valence-electron chi connectivity index (χ2n) is 5.60. The molecule has 2 saturated heterocycles. The van der Waals surface area contributed by atoms with E-state index >= 15 is 0 Å². The molecule has 2 rings (SSSR count). The first-order chi connectivity index (χ1) is 8.09. The first-order valence-corrected chi connectivity index (χ1v) is 6.74. The maximum atomic E-state index is 12.3. The van der Waals surface area contributed by atoms with Crippen molar-refractivity contribution in [3.63, 3.8) is 0 Å². The predicted octanol–water partition coefficient (Wildman–Crippen LogP) is 1.01. The van der Waals surface area contributed by atoms with Crippen LogP contribution in [0.5, 0.6) is 0 Å². The fourth-order valence-corrected chi connectivity index (χ4v) is 2.92. The molecule has 4 heteroatoms. The molecule has 0 spiro atoms. The molecule has 2 aliphatic heterocycles. The molecule has 0 bridgehead atoms. The van der Waals surface area contributed by atoms with Crippen molar-refractivity contribution in [2.75, 3.05) is 19.8 Å². The number of hydrogen-bond donors (Lipinski definition) is 1. The molecule has 0 aromatic rings. The van der Waals surface area contributed by atoms with Gasteiger partial charge >= 0.3 is 0 Å². The zero-order chi connectivity index (χ0) is 12.4. The van der Waals surface area contributed by atoms with Crippen LogP contribution in [0.3, 0.4) is 0 Å². The van der Waals surface area contributed by atoms with Crippen LogP contribution < -0.4 is 5.32 Å². The Morgan fingerprint density at radius 1 is 1.41 bits per heavy atom. The highest BCUT2D eigenvalue weighted by Crippen LogP contribution is 2.25. The second kappa shape index (κ2) is 5.36. The summed E-state index contributed by atoms with van der Waals surface area (Å²) in [6.45, 7) is 8.84. The molecule has 17 heavy (non-hydrogen) atoms. The Bertz CT molecular complexity index is 281. The number of likely N-dealkylation sites (tertiary alicyclic amines) is 1. The van der Waals surface area contributed by atoms with Gasteiger partial charge in [-0.2, -0.15) is 0 Å². The fraction of sp³-hybridized carbons (Fsp3) is 0.923. The molecule has 98 valence electrons. The van der Waals surface area contributed by atoms with Gasteiger partial charge in [-0.1, -0.05) is 20.8 Å². The molecule has 2 heterocycles. The van der Waals surface area contributed by atoms with E-state index in [0.717, 1.165) is 32.6 Å². The van der Waals surface area contributed by atoms with E-state index in [9.17, 15) is 4.79 Å². The normalized spacial score (nSPS) is 34.7. The van der Waals surface area contributed by atoms with E-state index in [1.54, 1.807) is 0 Å². The molecule has 0 aromatic heterocycles. The number of carbonyl (C=O) groups is 1. The molecule has 0 aromatic carbocycles. The lowest BCUT2D eigenvalue weighted by Gasteiger charge is -2.36. The van der Waals surface area contributed by atoms with Gasteiger partial charge in [0.05, 0.1) is 12.6 Å². The molecule has 2 fully saturated rings. The van der Waals surface area contributed by atoms with Gasteiger partial charge in [0.25, 0.3) is 0 Å². The first-order valence-electron chi connectivity index (χ1n) is 6.74. The van der Waals surface area contributed by atoms with Crippen LogP contribution in [0.15, 0.2) is 0 Å². The van der Waals surface area contributed by atoms with Crippen LogP contribution in [0.25, 0.3) is 0 Å². The van der Waals surface area contributed by atoms with Crippen molar-refractivity contribution < 1.29 is 9.53 Å². The van der Waals surface area contributed by atoms with Crippen molar-refractivity contribution in [2.24, 2.45) is 5.92 Å². The van der Waals surface area contributed by atoms with Crippen molar-refractivity contribution in [1.82, 2.24) is 10.2 Å². The summed E-state index contributed by atoms with van der Waals surface area (Å²) in [5.74, 6) is 0.753. The number of nitrogens with one attached hydrogen (secondary N) is 1. The summed E-state index contributed by atoms with van der Waals surface area (Å²) in [5, 5.41) is 3.35. The lowest BCUT2D eigenvalue weighted by molar-refractivity contribution is -0.134. The van der Waals surface area contributed by atoms with E-state index in [-0.39, 0.29) is 11.9 Å². The first kappa shape index (κ1) is 12.8. The minimum atomic E-state index is 0.0324. The molecule has 1 amide bonds. The highest BCUT2D eigenvalue weighted by Gasteiger charge is 2.38. The number of ether oxygens (including phenoxy) is 1. The Labute approximate surface area is 104 Å². The Kier molecular flexibility index (Phi) is 4.05. The van der Waals surface area contributed by atoms with Crippen molar-refractivity contribution in [1.29, 1.82) is 0 Å². The largest absolute Gasteiger partial charge is 0.381 e. The molecule has 4 nitrogen and oxygen atoms in total. The summed E-state index contributed by atoms with van der Waals surface area (Å²) in [7, 11) is 0. The van der Waals surface area contributed by atoms with Crippen molar-refractivity contribution in [3.05, 3.63) is 0 Å². The van der Waals surface area contributed by atoms with E-state index in [0.29, 0.717) is 18.0 Å². The summed E-state index contributed by atoms with van der Waals surface area (Å²) in [5.41, 5.74) is 0. The fourth-order valence-electron chi connectivity index (χ4n) is 2.92. The summed E-state index contributed by atoms with van der Waals surface area (Å²) >= 11 is 0. The predicted molar refractivity (Wildman–Crippen MR) is 66.8 cm³/mol. The van der Waals surface area contributed by atoms with Gasteiger partial charge < -0.3 is 15.0 Å². The van der Waals surface area contributed by atoms with Crippen molar-refractivity contribution in [2.45, 2.75) is 51.7 Å². The van der Waals surface area contributed by atoms with Gasteiger partial charge in [0.2, 0.25) is 5.91 Å². The van der Waals surface area contributed by atoms with Gasteiger partial charge in [-0.05, 0) is 18.8 Å². The van der Waals surface area contributed by atoms with Crippen molar-refractivity contribution >= 4 is 5.91 Å². The molecule has 0 radical (unpaired) electrons. The van der Waals surface area contributed by atoms with Crippen LogP contribution in [0, 0.1) is 5.92 Å².